The summed E-state index contributed by atoms with van der Waals surface area (Å²) in [7, 11) is 0. The number of aromatic nitrogens is 3. The van der Waals surface area contributed by atoms with Crippen LogP contribution in [-0.2, 0) is 16.0 Å². The number of carbonyl (C=O) groups excluding carboxylic acids is 2. The number of amides is 2. The number of urea groups is 1. The van der Waals surface area contributed by atoms with Crippen molar-refractivity contribution in [2.24, 2.45) is 0 Å². The number of ether oxygens (including phenoxy) is 1. The highest BCUT2D eigenvalue weighted by Crippen LogP contribution is 2.34. The van der Waals surface area contributed by atoms with Gasteiger partial charge < -0.3 is 20.3 Å². The lowest BCUT2D eigenvalue weighted by molar-refractivity contribution is -0.116. The minimum atomic E-state index is -0.679. The van der Waals surface area contributed by atoms with E-state index >= 15 is 8.78 Å². The van der Waals surface area contributed by atoms with Crippen molar-refractivity contribution in [2.45, 2.75) is 13.3 Å². The van der Waals surface area contributed by atoms with Crippen molar-refractivity contribution in [2.75, 3.05) is 41.8 Å². The monoisotopic (exact) mass is 594 g/mol. The van der Waals surface area contributed by atoms with Crippen LogP contribution in [0, 0.1) is 11.6 Å². The summed E-state index contributed by atoms with van der Waals surface area (Å²) in [6.07, 6.45) is 3.50. The number of benzene rings is 3. The van der Waals surface area contributed by atoms with Crippen molar-refractivity contribution < 1.29 is 23.1 Å². The molecule has 2 N–H and O–H groups in total. The molecule has 2 amide bonds. The van der Waals surface area contributed by atoms with E-state index in [1.807, 2.05) is 4.90 Å². The highest BCUT2D eigenvalue weighted by molar-refractivity contribution is 6.00. The number of halogens is 2. The topological polar surface area (TPSA) is 109 Å². The van der Waals surface area contributed by atoms with Gasteiger partial charge in [-0.1, -0.05) is 18.2 Å². The summed E-state index contributed by atoms with van der Waals surface area (Å²) >= 11 is 0. The normalized spacial score (nSPS) is 13.1. The number of hydrogen-bond acceptors (Lipinski definition) is 7. The fourth-order valence-corrected chi connectivity index (χ4v) is 5.06. The van der Waals surface area contributed by atoms with E-state index < -0.39 is 17.7 Å². The second kappa shape index (κ2) is 12.5. The van der Waals surface area contributed by atoms with E-state index in [9.17, 15) is 9.59 Å². The molecule has 3 aromatic carbocycles. The molecular formula is C33H28F2N6O3. The number of anilines is 3. The predicted octanol–water partition coefficient (Wildman–Crippen LogP) is 6.25. The number of Topliss-reactive ketones (excluding diaryl/α,β-unsaturated/α-hetero) is 1. The number of ketones is 1. The standard InChI is InChI=1S/C33H28F2N6O3/c1-20(42)15-21-4-7-24(8-5-21)37-33(43)39-29-9-6-22(16-28(29)35)31-38-30-18-25(23-3-2-10-36-19-23)27(34)17-26(30)32(40-31)41-11-13-44-14-12-41/h2-10,16-19H,11-15H2,1H3,(H2,37,39,43). The average molecular weight is 595 g/mol. The zero-order valence-corrected chi connectivity index (χ0v) is 23.8. The molecule has 11 heteroatoms. The molecule has 0 saturated carbocycles. The molecule has 9 nitrogen and oxygen atoms in total. The maximum Gasteiger partial charge on any atom is 0.323 e. The van der Waals surface area contributed by atoms with Crippen molar-refractivity contribution in [3.8, 4) is 22.5 Å². The van der Waals surface area contributed by atoms with E-state index in [4.69, 9.17) is 14.7 Å². The Bertz CT molecular complexity index is 1850. The third kappa shape index (κ3) is 6.37. The lowest BCUT2D eigenvalue weighted by Gasteiger charge is -2.29. The van der Waals surface area contributed by atoms with Crippen molar-refractivity contribution >= 4 is 39.9 Å². The van der Waals surface area contributed by atoms with Crippen molar-refractivity contribution in [1.82, 2.24) is 15.0 Å². The first-order valence-electron chi connectivity index (χ1n) is 14.0. The highest BCUT2D eigenvalue weighted by Gasteiger charge is 2.21. The Morgan fingerprint density at radius 3 is 2.41 bits per heavy atom. The number of carbonyl (C=O) groups is 2. The molecule has 1 aliphatic heterocycles. The van der Waals surface area contributed by atoms with Crippen LogP contribution in [0.3, 0.4) is 0 Å². The first-order chi connectivity index (χ1) is 21.3. The summed E-state index contributed by atoms with van der Waals surface area (Å²) < 4.78 is 36.2. The third-order valence-corrected chi connectivity index (χ3v) is 7.19. The van der Waals surface area contributed by atoms with Gasteiger partial charge in [0, 0.05) is 59.7 Å². The lowest BCUT2D eigenvalue weighted by Crippen LogP contribution is -2.37. The molecule has 3 heterocycles. The molecule has 0 aliphatic carbocycles. The summed E-state index contributed by atoms with van der Waals surface area (Å²) in [4.78, 5) is 39.4. The number of hydrogen-bond donors (Lipinski definition) is 2. The molecule has 1 saturated heterocycles. The van der Waals surface area contributed by atoms with Crippen LogP contribution in [0.5, 0.6) is 0 Å². The van der Waals surface area contributed by atoms with Gasteiger partial charge in [0.15, 0.2) is 5.82 Å². The van der Waals surface area contributed by atoms with Crippen LogP contribution in [0.2, 0.25) is 0 Å². The van der Waals surface area contributed by atoms with Gasteiger partial charge in [-0.2, -0.15) is 0 Å². The van der Waals surface area contributed by atoms with E-state index in [-0.39, 0.29) is 17.3 Å². The summed E-state index contributed by atoms with van der Waals surface area (Å²) in [5.41, 5.74) is 3.12. The van der Waals surface area contributed by atoms with Crippen LogP contribution in [0.4, 0.5) is 30.8 Å². The number of morpholine rings is 1. The van der Waals surface area contributed by atoms with Crippen LogP contribution in [0.1, 0.15) is 12.5 Å². The van der Waals surface area contributed by atoms with Gasteiger partial charge in [-0.3, -0.25) is 9.78 Å². The van der Waals surface area contributed by atoms with Gasteiger partial charge in [-0.05, 0) is 61.0 Å². The number of pyridine rings is 1. The smallest absolute Gasteiger partial charge is 0.323 e. The predicted molar refractivity (Wildman–Crippen MR) is 165 cm³/mol. The molecule has 6 rings (SSSR count). The van der Waals surface area contributed by atoms with E-state index in [0.717, 1.165) is 5.56 Å². The molecule has 222 valence electrons. The first-order valence-corrected chi connectivity index (χ1v) is 14.0. The molecule has 0 atom stereocenters. The lowest BCUT2D eigenvalue weighted by atomic mass is 10.0. The molecule has 0 spiro atoms. The van der Waals surface area contributed by atoms with Gasteiger partial charge in [0.05, 0.1) is 24.4 Å². The van der Waals surface area contributed by atoms with Crippen LogP contribution < -0.4 is 15.5 Å². The number of nitrogens with zero attached hydrogens (tertiary/aromatic N) is 4. The van der Waals surface area contributed by atoms with Crippen LogP contribution in [0.25, 0.3) is 33.4 Å². The average Bonchev–Trinajstić information content (AvgIpc) is 3.03. The second-order valence-corrected chi connectivity index (χ2v) is 10.4. The van der Waals surface area contributed by atoms with Crippen molar-refractivity contribution in [1.29, 1.82) is 0 Å². The minimum Gasteiger partial charge on any atom is -0.378 e. The van der Waals surface area contributed by atoms with E-state index in [1.165, 1.54) is 25.1 Å². The molecule has 1 fully saturated rings. The van der Waals surface area contributed by atoms with Gasteiger partial charge >= 0.3 is 6.03 Å². The Balaban J connectivity index is 1.29. The Hall–Kier alpha value is -5.29. The zero-order chi connectivity index (χ0) is 30.6. The van der Waals surface area contributed by atoms with Crippen molar-refractivity contribution in [3.63, 3.8) is 0 Å². The van der Waals surface area contributed by atoms with Gasteiger partial charge in [-0.15, -0.1) is 0 Å². The molecule has 0 bridgehead atoms. The van der Waals surface area contributed by atoms with Crippen molar-refractivity contribution in [3.05, 3.63) is 96.3 Å². The van der Waals surface area contributed by atoms with E-state index in [2.05, 4.69) is 15.6 Å². The largest absolute Gasteiger partial charge is 0.378 e. The van der Waals surface area contributed by atoms with Crippen LogP contribution in [-0.4, -0.2) is 53.1 Å². The first kappa shape index (κ1) is 28.8. The highest BCUT2D eigenvalue weighted by atomic mass is 19.1. The molecule has 1 aliphatic rings. The van der Waals surface area contributed by atoms with E-state index in [0.29, 0.717) is 71.8 Å². The Morgan fingerprint density at radius 1 is 0.909 bits per heavy atom. The fraction of sp³-hybridized carbons (Fsp3) is 0.182. The molecule has 44 heavy (non-hydrogen) atoms. The number of nitrogens with one attached hydrogen (secondary N) is 2. The molecule has 5 aromatic rings. The molecule has 0 radical (unpaired) electrons. The van der Waals surface area contributed by atoms with Crippen LogP contribution in [0.15, 0.2) is 79.1 Å². The Morgan fingerprint density at radius 2 is 1.70 bits per heavy atom. The maximum atomic E-state index is 15.4. The third-order valence-electron chi connectivity index (χ3n) is 7.19. The minimum absolute atomic E-state index is 0.0328. The molecule has 2 aromatic heterocycles. The SMILES string of the molecule is CC(=O)Cc1ccc(NC(=O)Nc2ccc(-c3nc(N4CCOCC4)c4cc(F)c(-c5cccnc5)cc4n3)cc2F)cc1. The summed E-state index contributed by atoms with van der Waals surface area (Å²) in [6.45, 7) is 3.62. The quantitative estimate of drug-likeness (QED) is 0.229. The molecule has 0 unspecified atom stereocenters. The maximum absolute atomic E-state index is 15.4. The summed E-state index contributed by atoms with van der Waals surface area (Å²) in [5, 5.41) is 5.71. The van der Waals surface area contributed by atoms with Crippen LogP contribution >= 0.6 is 0 Å². The number of fused-ring (bicyclic) bond motifs is 1. The Kier molecular flexibility index (Phi) is 8.20. The summed E-state index contributed by atoms with van der Waals surface area (Å²) in [6, 6.07) is 17.1. The molecular weight excluding hydrogens is 566 g/mol. The van der Waals surface area contributed by atoms with E-state index in [1.54, 1.807) is 60.9 Å². The second-order valence-electron chi connectivity index (χ2n) is 10.4. The van der Waals surface area contributed by atoms with Gasteiger partial charge in [0.25, 0.3) is 0 Å². The number of rotatable bonds is 7. The summed E-state index contributed by atoms with van der Waals surface area (Å²) in [5.74, 6) is -0.286. The van der Waals surface area contributed by atoms with Gasteiger partial charge in [0.2, 0.25) is 0 Å². The fourth-order valence-electron chi connectivity index (χ4n) is 5.06. The van der Waals surface area contributed by atoms with Gasteiger partial charge in [0.1, 0.15) is 23.2 Å². The Labute approximate surface area is 251 Å². The van der Waals surface area contributed by atoms with Gasteiger partial charge in [-0.25, -0.2) is 23.5 Å². The zero-order valence-electron chi connectivity index (χ0n) is 23.8.